The second-order valence-electron chi connectivity index (χ2n) is 3.82. The second-order valence-corrected chi connectivity index (χ2v) is 3.82. The highest BCUT2D eigenvalue weighted by Gasteiger charge is 2.05. The van der Waals surface area contributed by atoms with E-state index in [1.807, 2.05) is 36.4 Å². The normalized spacial score (nSPS) is 9.89. The van der Waals surface area contributed by atoms with Crippen LogP contribution in [-0.2, 0) is 4.79 Å². The number of benzene rings is 2. The highest BCUT2D eigenvalue weighted by molar-refractivity contribution is 5.72. The van der Waals surface area contributed by atoms with Gasteiger partial charge in [0.05, 0.1) is 7.11 Å². The summed E-state index contributed by atoms with van der Waals surface area (Å²) in [5, 5.41) is 0. The second kappa shape index (κ2) is 5.36. The van der Waals surface area contributed by atoms with E-state index in [0.29, 0.717) is 5.75 Å². The van der Waals surface area contributed by atoms with Gasteiger partial charge in [-0.3, -0.25) is 4.79 Å². The highest BCUT2D eigenvalue weighted by atomic mass is 16.5. The first-order valence-electron chi connectivity index (χ1n) is 5.62. The molecule has 0 heterocycles. The minimum Gasteiger partial charge on any atom is -0.496 e. The minimum absolute atomic E-state index is 0.319. The van der Waals surface area contributed by atoms with Crippen molar-refractivity contribution < 1.29 is 14.3 Å². The van der Waals surface area contributed by atoms with E-state index in [4.69, 9.17) is 9.47 Å². The number of carbonyl (C=O) groups excluding carboxylic acids is 1. The van der Waals surface area contributed by atoms with Crippen LogP contribution in [0, 0.1) is 0 Å². The maximum Gasteiger partial charge on any atom is 0.308 e. The number of ether oxygens (including phenoxy) is 2. The van der Waals surface area contributed by atoms with Crippen LogP contribution in [0.3, 0.4) is 0 Å². The maximum absolute atomic E-state index is 10.8. The Morgan fingerprint density at radius 2 is 1.67 bits per heavy atom. The summed E-state index contributed by atoms with van der Waals surface area (Å²) in [6.45, 7) is 1.38. The third kappa shape index (κ3) is 2.69. The third-order valence-corrected chi connectivity index (χ3v) is 2.53. The van der Waals surface area contributed by atoms with Gasteiger partial charge < -0.3 is 9.47 Å². The van der Waals surface area contributed by atoms with Crippen LogP contribution in [0.5, 0.6) is 11.5 Å². The van der Waals surface area contributed by atoms with Gasteiger partial charge in [-0.2, -0.15) is 0 Å². The summed E-state index contributed by atoms with van der Waals surface area (Å²) in [6, 6.07) is 15.1. The number of hydrogen-bond acceptors (Lipinski definition) is 3. The van der Waals surface area contributed by atoms with Crippen LogP contribution in [-0.4, -0.2) is 13.1 Å². The van der Waals surface area contributed by atoms with E-state index >= 15 is 0 Å². The lowest BCUT2D eigenvalue weighted by molar-refractivity contribution is -0.131. The van der Waals surface area contributed by atoms with Crippen LogP contribution < -0.4 is 9.47 Å². The zero-order valence-electron chi connectivity index (χ0n) is 10.3. The predicted octanol–water partition coefficient (Wildman–Crippen LogP) is 3.29. The molecule has 0 unspecified atom stereocenters. The molecule has 2 rings (SSSR count). The minimum atomic E-state index is -0.319. The van der Waals surface area contributed by atoms with Crippen LogP contribution in [0.4, 0.5) is 0 Å². The van der Waals surface area contributed by atoms with Crippen molar-refractivity contribution in [2.24, 2.45) is 0 Å². The van der Waals surface area contributed by atoms with Crippen molar-refractivity contribution in [3.8, 4) is 22.6 Å². The Balaban J connectivity index is 2.31. The van der Waals surface area contributed by atoms with Gasteiger partial charge in [0.2, 0.25) is 0 Å². The van der Waals surface area contributed by atoms with Gasteiger partial charge in [0.1, 0.15) is 11.5 Å². The summed E-state index contributed by atoms with van der Waals surface area (Å²) >= 11 is 0. The summed E-state index contributed by atoms with van der Waals surface area (Å²) in [6.07, 6.45) is 0. The summed E-state index contributed by atoms with van der Waals surface area (Å²) in [4.78, 5) is 10.8. The molecular formula is C15H14O3. The van der Waals surface area contributed by atoms with E-state index < -0.39 is 0 Å². The Morgan fingerprint density at radius 1 is 1.00 bits per heavy atom. The van der Waals surface area contributed by atoms with Crippen molar-refractivity contribution in [3.05, 3.63) is 48.5 Å². The molecule has 3 nitrogen and oxygen atoms in total. The molecule has 92 valence electrons. The molecule has 0 atom stereocenters. The number of carbonyl (C=O) groups is 1. The predicted molar refractivity (Wildman–Crippen MR) is 69.7 cm³/mol. The SMILES string of the molecule is COc1ccccc1-c1ccc(OC(C)=O)cc1. The average Bonchev–Trinajstić information content (AvgIpc) is 2.39. The lowest BCUT2D eigenvalue weighted by Crippen LogP contribution is -2.00. The molecule has 0 saturated carbocycles. The van der Waals surface area contributed by atoms with Crippen molar-refractivity contribution in [2.45, 2.75) is 6.92 Å². The molecule has 0 aliphatic carbocycles. The molecule has 2 aromatic carbocycles. The highest BCUT2D eigenvalue weighted by Crippen LogP contribution is 2.30. The molecule has 18 heavy (non-hydrogen) atoms. The molecule has 2 aromatic rings. The van der Waals surface area contributed by atoms with Crippen molar-refractivity contribution in [1.29, 1.82) is 0 Å². The zero-order chi connectivity index (χ0) is 13.0. The molecule has 0 N–H and O–H groups in total. The van der Waals surface area contributed by atoms with Gasteiger partial charge in [-0.05, 0) is 23.8 Å². The first kappa shape index (κ1) is 12.2. The van der Waals surface area contributed by atoms with Gasteiger partial charge in [0, 0.05) is 12.5 Å². The molecule has 0 amide bonds. The van der Waals surface area contributed by atoms with Crippen molar-refractivity contribution in [2.75, 3.05) is 7.11 Å². The van der Waals surface area contributed by atoms with Crippen molar-refractivity contribution in [3.63, 3.8) is 0 Å². The Hall–Kier alpha value is -2.29. The van der Waals surface area contributed by atoms with Crippen molar-refractivity contribution >= 4 is 5.97 Å². The molecule has 0 saturated heterocycles. The topological polar surface area (TPSA) is 35.5 Å². The number of rotatable bonds is 3. The molecule has 3 heteroatoms. The molecule has 0 fully saturated rings. The number of hydrogen-bond donors (Lipinski definition) is 0. The standard InChI is InChI=1S/C15H14O3/c1-11(16)18-13-9-7-12(8-10-13)14-5-3-4-6-15(14)17-2/h3-10H,1-2H3. The van der Waals surface area contributed by atoms with Crippen LogP contribution in [0.2, 0.25) is 0 Å². The van der Waals surface area contributed by atoms with Gasteiger partial charge in [0.15, 0.2) is 0 Å². The largest absolute Gasteiger partial charge is 0.496 e. The summed E-state index contributed by atoms with van der Waals surface area (Å²) in [7, 11) is 1.64. The Labute approximate surface area is 106 Å². The fraction of sp³-hybridized carbons (Fsp3) is 0.133. The van der Waals surface area contributed by atoms with E-state index in [9.17, 15) is 4.79 Å². The zero-order valence-corrected chi connectivity index (χ0v) is 10.3. The summed E-state index contributed by atoms with van der Waals surface area (Å²) in [5.41, 5.74) is 2.03. The average molecular weight is 242 g/mol. The molecular weight excluding hydrogens is 228 g/mol. The molecule has 0 bridgehead atoms. The van der Waals surface area contributed by atoms with Crippen LogP contribution in [0.25, 0.3) is 11.1 Å². The quantitative estimate of drug-likeness (QED) is 0.612. The van der Waals surface area contributed by atoms with E-state index in [2.05, 4.69) is 0 Å². The molecule has 0 aliphatic heterocycles. The van der Waals surface area contributed by atoms with Crippen LogP contribution in [0.1, 0.15) is 6.92 Å². The lowest BCUT2D eigenvalue weighted by Gasteiger charge is -2.08. The lowest BCUT2D eigenvalue weighted by atomic mass is 10.0. The van der Waals surface area contributed by atoms with E-state index in [-0.39, 0.29) is 5.97 Å². The van der Waals surface area contributed by atoms with E-state index in [1.165, 1.54) is 6.92 Å². The third-order valence-electron chi connectivity index (χ3n) is 2.53. The fourth-order valence-electron chi connectivity index (χ4n) is 1.75. The van der Waals surface area contributed by atoms with Gasteiger partial charge >= 0.3 is 5.97 Å². The van der Waals surface area contributed by atoms with E-state index in [1.54, 1.807) is 19.2 Å². The molecule has 0 spiro atoms. The fourth-order valence-corrected chi connectivity index (χ4v) is 1.75. The first-order chi connectivity index (χ1) is 8.70. The number of methoxy groups -OCH3 is 1. The van der Waals surface area contributed by atoms with Gasteiger partial charge in [0.25, 0.3) is 0 Å². The van der Waals surface area contributed by atoms with Crippen molar-refractivity contribution in [1.82, 2.24) is 0 Å². The molecule has 0 radical (unpaired) electrons. The Kier molecular flexibility index (Phi) is 3.63. The maximum atomic E-state index is 10.8. The Morgan fingerprint density at radius 3 is 2.28 bits per heavy atom. The smallest absolute Gasteiger partial charge is 0.308 e. The Bertz CT molecular complexity index is 544. The summed E-state index contributed by atoms with van der Waals surface area (Å²) < 4.78 is 10.3. The van der Waals surface area contributed by atoms with Gasteiger partial charge in [-0.25, -0.2) is 0 Å². The number of esters is 1. The van der Waals surface area contributed by atoms with Gasteiger partial charge in [-0.1, -0.05) is 30.3 Å². The van der Waals surface area contributed by atoms with Gasteiger partial charge in [-0.15, -0.1) is 0 Å². The van der Waals surface area contributed by atoms with E-state index in [0.717, 1.165) is 16.9 Å². The van der Waals surface area contributed by atoms with Crippen LogP contribution in [0.15, 0.2) is 48.5 Å². The molecule has 0 aliphatic rings. The first-order valence-corrected chi connectivity index (χ1v) is 5.62. The van der Waals surface area contributed by atoms with Crippen LogP contribution >= 0.6 is 0 Å². The number of para-hydroxylation sites is 1. The summed E-state index contributed by atoms with van der Waals surface area (Å²) in [5.74, 6) is 1.04. The molecule has 0 aromatic heterocycles. The monoisotopic (exact) mass is 242 g/mol.